The summed E-state index contributed by atoms with van der Waals surface area (Å²) in [6, 6.07) is 0. The molecule has 0 atom stereocenters. The summed E-state index contributed by atoms with van der Waals surface area (Å²) < 4.78 is 33.8. The van der Waals surface area contributed by atoms with Crippen LogP contribution in [0.15, 0.2) is 0 Å². The van der Waals surface area contributed by atoms with Crippen molar-refractivity contribution in [3.63, 3.8) is 0 Å². The monoisotopic (exact) mass is 271 g/mol. The first-order valence-corrected chi connectivity index (χ1v) is 5.98. The SMILES string of the molecule is O=C(OCC(F)(F)SOO[O-])C1CCCCC1. The van der Waals surface area contributed by atoms with Gasteiger partial charge in [-0.15, -0.1) is 0 Å². The summed E-state index contributed by atoms with van der Waals surface area (Å²) in [5.74, 6) is -0.908. The molecule has 100 valence electrons. The Morgan fingerprint density at radius 3 is 2.59 bits per heavy atom. The van der Waals surface area contributed by atoms with E-state index >= 15 is 0 Å². The second-order valence-corrected chi connectivity index (χ2v) is 4.70. The van der Waals surface area contributed by atoms with Crippen LogP contribution in [0.5, 0.6) is 0 Å². The molecule has 0 radical (unpaired) electrons. The van der Waals surface area contributed by atoms with Crippen LogP contribution in [-0.2, 0) is 18.9 Å². The highest BCUT2D eigenvalue weighted by atomic mass is 32.2. The number of esters is 1. The minimum absolute atomic E-state index is 0.291. The molecule has 1 aliphatic carbocycles. The topological polar surface area (TPSA) is 67.8 Å². The zero-order valence-corrected chi connectivity index (χ0v) is 9.84. The molecule has 1 saturated carbocycles. The maximum absolute atomic E-state index is 12.9. The van der Waals surface area contributed by atoms with Crippen molar-refractivity contribution in [2.45, 2.75) is 37.4 Å². The highest BCUT2D eigenvalue weighted by Crippen LogP contribution is 2.31. The van der Waals surface area contributed by atoms with Crippen molar-refractivity contribution >= 4 is 18.0 Å². The zero-order valence-electron chi connectivity index (χ0n) is 9.03. The van der Waals surface area contributed by atoms with Gasteiger partial charge in [-0.2, -0.15) is 13.1 Å². The normalized spacial score (nSPS) is 18.1. The van der Waals surface area contributed by atoms with E-state index in [4.69, 9.17) is 0 Å². The lowest BCUT2D eigenvalue weighted by atomic mass is 9.89. The van der Waals surface area contributed by atoms with Crippen LogP contribution in [0.4, 0.5) is 8.78 Å². The van der Waals surface area contributed by atoms with Crippen molar-refractivity contribution in [3.05, 3.63) is 0 Å². The van der Waals surface area contributed by atoms with E-state index in [-0.39, 0.29) is 5.92 Å². The van der Waals surface area contributed by atoms with Crippen LogP contribution in [-0.4, -0.2) is 17.8 Å². The third-order valence-electron chi connectivity index (χ3n) is 2.50. The van der Waals surface area contributed by atoms with E-state index in [0.29, 0.717) is 12.8 Å². The maximum Gasteiger partial charge on any atom is 0.354 e. The Kier molecular flexibility index (Phi) is 6.10. The van der Waals surface area contributed by atoms with Crippen molar-refractivity contribution in [2.24, 2.45) is 5.92 Å². The zero-order chi connectivity index (χ0) is 12.7. The van der Waals surface area contributed by atoms with E-state index in [0.717, 1.165) is 19.3 Å². The minimum Gasteiger partial charge on any atom is -0.691 e. The second kappa shape index (κ2) is 7.10. The van der Waals surface area contributed by atoms with Gasteiger partial charge in [0.05, 0.1) is 5.92 Å². The molecule has 0 unspecified atom stereocenters. The van der Waals surface area contributed by atoms with Crippen LogP contribution in [0.3, 0.4) is 0 Å². The van der Waals surface area contributed by atoms with E-state index in [1.165, 1.54) is 0 Å². The molecule has 0 amide bonds. The van der Waals surface area contributed by atoms with Crippen LogP contribution < -0.4 is 5.26 Å². The number of ether oxygens (including phenoxy) is 1. The predicted octanol–water partition coefficient (Wildman–Crippen LogP) is 1.57. The molecule has 1 rings (SSSR count). The van der Waals surface area contributed by atoms with E-state index in [1.54, 1.807) is 0 Å². The number of carbonyl (C=O) groups excluding carboxylic acids is 1. The predicted molar refractivity (Wildman–Crippen MR) is 52.2 cm³/mol. The largest absolute Gasteiger partial charge is 0.691 e. The lowest BCUT2D eigenvalue weighted by Crippen LogP contribution is -2.27. The van der Waals surface area contributed by atoms with Gasteiger partial charge in [0.2, 0.25) is 0 Å². The molecule has 0 heterocycles. The highest BCUT2D eigenvalue weighted by molar-refractivity contribution is 7.95. The number of carbonyl (C=O) groups is 1. The molecule has 0 aromatic rings. The van der Waals surface area contributed by atoms with Gasteiger partial charge in [-0.25, -0.2) is 0 Å². The molecule has 5 nitrogen and oxygen atoms in total. The summed E-state index contributed by atoms with van der Waals surface area (Å²) in [6.07, 6.45) is 4.25. The van der Waals surface area contributed by atoms with Gasteiger partial charge in [0, 0.05) is 0 Å². The fraction of sp³-hybridized carbons (Fsp3) is 0.889. The van der Waals surface area contributed by atoms with Crippen LogP contribution in [0, 0.1) is 5.92 Å². The molecule has 1 fully saturated rings. The summed E-state index contributed by atoms with van der Waals surface area (Å²) >= 11 is -0.478. The number of halogens is 2. The molecular formula is C9H13F2O5S-. The molecule has 17 heavy (non-hydrogen) atoms. The van der Waals surface area contributed by atoms with Gasteiger partial charge < -0.3 is 9.99 Å². The van der Waals surface area contributed by atoms with Crippen molar-refractivity contribution < 1.29 is 32.9 Å². The molecular weight excluding hydrogens is 258 g/mol. The Morgan fingerprint density at radius 2 is 2.00 bits per heavy atom. The molecule has 1 aliphatic rings. The van der Waals surface area contributed by atoms with Gasteiger partial charge in [-0.1, -0.05) is 19.3 Å². The molecule has 0 N–H and O–H groups in total. The van der Waals surface area contributed by atoms with Crippen LogP contribution in [0.2, 0.25) is 0 Å². The Bertz CT molecular complexity index is 246. The summed E-state index contributed by atoms with van der Waals surface area (Å²) in [7, 11) is 0. The third kappa shape index (κ3) is 5.62. The van der Waals surface area contributed by atoms with E-state index < -0.39 is 29.9 Å². The Balaban J connectivity index is 2.26. The highest BCUT2D eigenvalue weighted by Gasteiger charge is 2.35. The van der Waals surface area contributed by atoms with E-state index in [2.05, 4.69) is 14.1 Å². The molecule has 0 saturated heterocycles. The summed E-state index contributed by atoms with van der Waals surface area (Å²) in [5.41, 5.74) is 0. The number of hydrogen-bond acceptors (Lipinski definition) is 6. The molecule has 0 aromatic heterocycles. The van der Waals surface area contributed by atoms with Gasteiger partial charge in [0.15, 0.2) is 6.61 Å². The molecule has 0 aromatic carbocycles. The average molecular weight is 271 g/mol. The maximum atomic E-state index is 12.9. The first-order valence-electron chi connectivity index (χ1n) is 5.24. The number of rotatable bonds is 6. The lowest BCUT2D eigenvalue weighted by Gasteiger charge is -2.21. The Morgan fingerprint density at radius 1 is 1.35 bits per heavy atom. The van der Waals surface area contributed by atoms with Crippen molar-refractivity contribution in [1.82, 2.24) is 0 Å². The van der Waals surface area contributed by atoms with Gasteiger partial charge in [0.25, 0.3) is 0 Å². The van der Waals surface area contributed by atoms with Crippen LogP contribution in [0.25, 0.3) is 0 Å². The lowest BCUT2D eigenvalue weighted by molar-refractivity contribution is -0.777. The van der Waals surface area contributed by atoms with Crippen molar-refractivity contribution in [1.29, 1.82) is 0 Å². The summed E-state index contributed by atoms with van der Waals surface area (Å²) in [5, 5.41) is 8.68. The smallest absolute Gasteiger partial charge is 0.354 e. The summed E-state index contributed by atoms with van der Waals surface area (Å²) in [4.78, 5) is 11.4. The van der Waals surface area contributed by atoms with Gasteiger partial charge in [-0.3, -0.25) is 9.83 Å². The van der Waals surface area contributed by atoms with Gasteiger partial charge >= 0.3 is 11.2 Å². The van der Waals surface area contributed by atoms with Gasteiger partial charge in [-0.05, 0) is 12.8 Å². The second-order valence-electron chi connectivity index (χ2n) is 3.80. The fourth-order valence-electron chi connectivity index (χ4n) is 1.70. The van der Waals surface area contributed by atoms with E-state index in [1.807, 2.05) is 0 Å². The Hall–Kier alpha value is -0.440. The fourth-order valence-corrected chi connectivity index (χ4v) is 1.93. The van der Waals surface area contributed by atoms with Crippen molar-refractivity contribution in [3.8, 4) is 0 Å². The quantitative estimate of drug-likeness (QED) is 0.316. The average Bonchev–Trinajstić information content (AvgIpc) is 2.35. The third-order valence-corrected chi connectivity index (χ3v) is 2.99. The minimum atomic E-state index is -3.49. The standard InChI is InChI=1S/C9H14F2O5S/c10-9(11,17-16-15-13)6-14-8(12)7-4-2-1-3-5-7/h7,13H,1-6H2/p-1. The molecule has 8 heteroatoms. The van der Waals surface area contributed by atoms with Crippen LogP contribution in [0.1, 0.15) is 32.1 Å². The van der Waals surface area contributed by atoms with E-state index in [9.17, 15) is 18.8 Å². The first-order chi connectivity index (χ1) is 8.05. The van der Waals surface area contributed by atoms with Crippen molar-refractivity contribution in [2.75, 3.05) is 6.61 Å². The Labute approximate surface area is 101 Å². The number of alkyl halides is 2. The molecule has 0 bridgehead atoms. The van der Waals surface area contributed by atoms with Gasteiger partial charge in [0.1, 0.15) is 12.0 Å². The van der Waals surface area contributed by atoms with Crippen LogP contribution >= 0.6 is 12.0 Å². The number of hydrogen-bond donors (Lipinski definition) is 0. The first kappa shape index (κ1) is 14.6. The molecule has 0 aliphatic heterocycles. The molecule has 0 spiro atoms. The summed E-state index contributed by atoms with van der Waals surface area (Å²) in [6.45, 7) is -1.13.